The van der Waals surface area contributed by atoms with E-state index in [1.54, 1.807) is 13.3 Å². The molecule has 2 rings (SSSR count). The van der Waals surface area contributed by atoms with E-state index in [0.29, 0.717) is 16.5 Å². The Hall–Kier alpha value is -1.62. The molecular formula is C14H16ClN3O. The largest absolute Gasteiger partial charge is 0.495 e. The lowest BCUT2D eigenvalue weighted by Crippen LogP contribution is -2.30. The lowest BCUT2D eigenvalue weighted by molar-refractivity contribution is 0.400. The van der Waals surface area contributed by atoms with Gasteiger partial charge in [-0.2, -0.15) is 0 Å². The zero-order chi connectivity index (χ0) is 13.8. The van der Waals surface area contributed by atoms with E-state index in [0.717, 1.165) is 11.1 Å². The molecule has 4 nitrogen and oxygen atoms in total. The maximum absolute atomic E-state index is 6.28. The minimum atomic E-state index is -0.316. The number of methoxy groups -OCH3 is 1. The van der Waals surface area contributed by atoms with Crippen molar-refractivity contribution in [2.24, 2.45) is 5.84 Å². The molecule has 2 aromatic rings. The molecule has 0 saturated carbocycles. The predicted molar refractivity (Wildman–Crippen MR) is 76.1 cm³/mol. The van der Waals surface area contributed by atoms with Crippen LogP contribution in [-0.2, 0) is 0 Å². The van der Waals surface area contributed by atoms with Gasteiger partial charge in [-0.3, -0.25) is 10.8 Å². The summed E-state index contributed by atoms with van der Waals surface area (Å²) in [6.07, 6.45) is 1.70. The number of nitrogens with one attached hydrogen (secondary N) is 1. The molecule has 1 unspecified atom stereocenters. The highest BCUT2D eigenvalue weighted by molar-refractivity contribution is 6.31. The molecule has 0 saturated heterocycles. The van der Waals surface area contributed by atoms with Gasteiger partial charge in [-0.1, -0.05) is 23.7 Å². The number of ether oxygens (including phenoxy) is 1. The standard InChI is InChI=1S/C14H16ClN3O/c1-9-5-6-10(11(15)8-9)13(18-16)14-12(19-2)4-3-7-17-14/h3-8,13,18H,16H2,1-2H3. The number of aryl methyl sites for hydroxylation is 1. The number of hydrogen-bond acceptors (Lipinski definition) is 4. The van der Waals surface area contributed by atoms with Crippen LogP contribution >= 0.6 is 11.6 Å². The summed E-state index contributed by atoms with van der Waals surface area (Å²) < 4.78 is 5.31. The summed E-state index contributed by atoms with van der Waals surface area (Å²) in [6.45, 7) is 1.99. The van der Waals surface area contributed by atoms with Gasteiger partial charge in [-0.25, -0.2) is 5.43 Å². The first-order chi connectivity index (χ1) is 9.17. The first-order valence-corrected chi connectivity index (χ1v) is 6.26. The second-order valence-corrected chi connectivity index (χ2v) is 4.62. The number of rotatable bonds is 4. The van der Waals surface area contributed by atoms with Crippen LogP contribution in [0, 0.1) is 6.92 Å². The number of hydrogen-bond donors (Lipinski definition) is 2. The van der Waals surface area contributed by atoms with E-state index in [4.69, 9.17) is 22.2 Å². The summed E-state index contributed by atoms with van der Waals surface area (Å²) in [4.78, 5) is 4.33. The number of halogens is 1. The molecule has 0 aliphatic rings. The predicted octanol–water partition coefficient (Wildman–Crippen LogP) is 2.60. The summed E-state index contributed by atoms with van der Waals surface area (Å²) in [5.74, 6) is 6.33. The Kier molecular flexibility index (Phi) is 4.37. The Morgan fingerprint density at radius 1 is 1.37 bits per heavy atom. The molecule has 0 spiro atoms. The van der Waals surface area contributed by atoms with Crippen molar-refractivity contribution < 1.29 is 4.74 Å². The molecule has 0 amide bonds. The fraction of sp³-hybridized carbons (Fsp3) is 0.214. The topological polar surface area (TPSA) is 60.2 Å². The van der Waals surface area contributed by atoms with Crippen molar-refractivity contribution >= 4 is 11.6 Å². The number of hydrazine groups is 1. The van der Waals surface area contributed by atoms with Crippen LogP contribution in [0.4, 0.5) is 0 Å². The summed E-state index contributed by atoms with van der Waals surface area (Å²) >= 11 is 6.28. The van der Waals surface area contributed by atoms with Crippen LogP contribution in [0.25, 0.3) is 0 Å². The van der Waals surface area contributed by atoms with Crippen LogP contribution in [0.1, 0.15) is 22.9 Å². The molecular weight excluding hydrogens is 262 g/mol. The fourth-order valence-electron chi connectivity index (χ4n) is 1.97. The molecule has 1 aromatic heterocycles. The van der Waals surface area contributed by atoms with Gasteiger partial charge in [0.15, 0.2) is 0 Å². The second-order valence-electron chi connectivity index (χ2n) is 4.22. The van der Waals surface area contributed by atoms with Gasteiger partial charge in [-0.15, -0.1) is 0 Å². The molecule has 0 radical (unpaired) electrons. The first kappa shape index (κ1) is 13.8. The average Bonchev–Trinajstić information content (AvgIpc) is 2.42. The Morgan fingerprint density at radius 2 is 2.16 bits per heavy atom. The molecule has 1 heterocycles. The highest BCUT2D eigenvalue weighted by atomic mass is 35.5. The van der Waals surface area contributed by atoms with E-state index in [1.165, 1.54) is 0 Å². The lowest BCUT2D eigenvalue weighted by Gasteiger charge is -2.19. The molecule has 19 heavy (non-hydrogen) atoms. The minimum absolute atomic E-state index is 0.316. The highest BCUT2D eigenvalue weighted by Gasteiger charge is 2.20. The zero-order valence-corrected chi connectivity index (χ0v) is 11.6. The van der Waals surface area contributed by atoms with E-state index in [-0.39, 0.29) is 6.04 Å². The van der Waals surface area contributed by atoms with Crippen molar-refractivity contribution in [1.29, 1.82) is 0 Å². The van der Waals surface area contributed by atoms with Crippen LogP contribution in [0.5, 0.6) is 5.75 Å². The lowest BCUT2D eigenvalue weighted by atomic mass is 10.0. The number of pyridine rings is 1. The van der Waals surface area contributed by atoms with Gasteiger partial charge in [0.25, 0.3) is 0 Å². The maximum atomic E-state index is 6.28. The monoisotopic (exact) mass is 277 g/mol. The van der Waals surface area contributed by atoms with Crippen molar-refractivity contribution in [2.75, 3.05) is 7.11 Å². The van der Waals surface area contributed by atoms with Crippen LogP contribution in [0.3, 0.4) is 0 Å². The summed E-state index contributed by atoms with van der Waals surface area (Å²) in [5.41, 5.74) is 5.41. The van der Waals surface area contributed by atoms with Gasteiger partial charge in [0.2, 0.25) is 0 Å². The Bertz CT molecular complexity index is 574. The van der Waals surface area contributed by atoms with E-state index in [1.807, 2.05) is 37.3 Å². The quantitative estimate of drug-likeness (QED) is 0.666. The second kappa shape index (κ2) is 6.02. The average molecular weight is 278 g/mol. The van der Waals surface area contributed by atoms with E-state index in [9.17, 15) is 0 Å². The van der Waals surface area contributed by atoms with Crippen LogP contribution in [0.2, 0.25) is 5.02 Å². The van der Waals surface area contributed by atoms with Gasteiger partial charge in [0.05, 0.1) is 13.2 Å². The summed E-state index contributed by atoms with van der Waals surface area (Å²) in [6, 6.07) is 9.17. The normalized spacial score (nSPS) is 12.2. The van der Waals surface area contributed by atoms with Crippen molar-refractivity contribution in [3.63, 3.8) is 0 Å². The minimum Gasteiger partial charge on any atom is -0.495 e. The molecule has 3 N–H and O–H groups in total. The summed E-state index contributed by atoms with van der Waals surface area (Å²) in [5, 5.41) is 0.649. The molecule has 100 valence electrons. The van der Waals surface area contributed by atoms with Crippen molar-refractivity contribution in [3.05, 3.63) is 58.4 Å². The number of nitrogens with two attached hydrogens (primary N) is 1. The third-order valence-electron chi connectivity index (χ3n) is 2.93. The molecule has 0 aliphatic heterocycles. The highest BCUT2D eigenvalue weighted by Crippen LogP contribution is 2.31. The smallest absolute Gasteiger partial charge is 0.142 e. The van der Waals surface area contributed by atoms with Crippen LogP contribution in [0.15, 0.2) is 36.5 Å². The zero-order valence-electron chi connectivity index (χ0n) is 10.9. The van der Waals surface area contributed by atoms with Gasteiger partial charge >= 0.3 is 0 Å². The third kappa shape index (κ3) is 2.87. The Balaban J connectivity index is 2.50. The number of aromatic nitrogens is 1. The van der Waals surface area contributed by atoms with E-state index in [2.05, 4.69) is 10.4 Å². The first-order valence-electron chi connectivity index (χ1n) is 5.88. The van der Waals surface area contributed by atoms with Crippen molar-refractivity contribution in [3.8, 4) is 5.75 Å². The van der Waals surface area contributed by atoms with E-state index >= 15 is 0 Å². The van der Waals surface area contributed by atoms with Crippen LogP contribution < -0.4 is 16.0 Å². The molecule has 1 aromatic carbocycles. The summed E-state index contributed by atoms with van der Waals surface area (Å²) in [7, 11) is 1.60. The number of nitrogens with zero attached hydrogens (tertiary/aromatic N) is 1. The van der Waals surface area contributed by atoms with Crippen molar-refractivity contribution in [1.82, 2.24) is 10.4 Å². The van der Waals surface area contributed by atoms with Gasteiger partial charge in [0, 0.05) is 11.2 Å². The fourth-order valence-corrected chi connectivity index (χ4v) is 2.32. The molecule has 0 fully saturated rings. The van der Waals surface area contributed by atoms with Crippen molar-refractivity contribution in [2.45, 2.75) is 13.0 Å². The Labute approximate surface area is 117 Å². The SMILES string of the molecule is COc1cccnc1C(NN)c1ccc(C)cc1Cl. The molecule has 0 aliphatic carbocycles. The van der Waals surface area contributed by atoms with Crippen LogP contribution in [-0.4, -0.2) is 12.1 Å². The van der Waals surface area contributed by atoms with Gasteiger partial charge < -0.3 is 4.74 Å². The molecule has 1 atom stereocenters. The number of benzene rings is 1. The molecule has 0 bridgehead atoms. The van der Waals surface area contributed by atoms with Gasteiger partial charge in [0.1, 0.15) is 11.4 Å². The van der Waals surface area contributed by atoms with E-state index < -0.39 is 0 Å². The Morgan fingerprint density at radius 3 is 2.79 bits per heavy atom. The van der Waals surface area contributed by atoms with Gasteiger partial charge in [-0.05, 0) is 36.2 Å². The maximum Gasteiger partial charge on any atom is 0.142 e. The third-order valence-corrected chi connectivity index (χ3v) is 3.25. The molecule has 5 heteroatoms.